The van der Waals surface area contributed by atoms with Gasteiger partial charge in [-0.1, -0.05) is 11.8 Å². The van der Waals surface area contributed by atoms with Gasteiger partial charge in [-0.15, -0.1) is 10.2 Å². The van der Waals surface area contributed by atoms with Crippen LogP contribution in [-0.4, -0.2) is 42.0 Å². The molecule has 0 fully saturated rings. The number of benzene rings is 2. The maximum Gasteiger partial charge on any atom is 0.238 e. The number of hydrogen-bond acceptors (Lipinski definition) is 8. The highest BCUT2D eigenvalue weighted by atomic mass is 32.2. The van der Waals surface area contributed by atoms with Crippen molar-refractivity contribution in [2.24, 2.45) is 5.14 Å². The topological polar surface area (TPSA) is 138 Å². The standard InChI is InChI=1S/C20H23N5O5S2/c1-3-25-18(12-30-16-8-6-15(29-2)7-9-16)23-24-20(25)31-13-19(26)22-14-4-10-17(11-5-14)32(21,27)28/h4-11H,3,12-13H2,1-2H3,(H,22,26)(H2,21,27,28). The van der Waals surface area contributed by atoms with Gasteiger partial charge in [0.1, 0.15) is 18.1 Å². The zero-order valence-electron chi connectivity index (χ0n) is 17.5. The molecule has 3 rings (SSSR count). The molecule has 0 aliphatic heterocycles. The van der Waals surface area contributed by atoms with Crippen LogP contribution >= 0.6 is 11.8 Å². The smallest absolute Gasteiger partial charge is 0.238 e. The molecule has 10 nitrogen and oxygen atoms in total. The Morgan fingerprint density at radius 1 is 1.09 bits per heavy atom. The van der Waals surface area contributed by atoms with Crippen LogP contribution in [0.25, 0.3) is 0 Å². The second-order valence-electron chi connectivity index (χ2n) is 6.51. The van der Waals surface area contributed by atoms with Crippen LogP contribution in [0.15, 0.2) is 58.6 Å². The van der Waals surface area contributed by atoms with Crippen molar-refractivity contribution < 1.29 is 22.7 Å². The van der Waals surface area contributed by atoms with E-state index in [0.29, 0.717) is 29.0 Å². The summed E-state index contributed by atoms with van der Waals surface area (Å²) >= 11 is 1.24. The Labute approximate surface area is 190 Å². The molecule has 0 aliphatic rings. The van der Waals surface area contributed by atoms with Crippen LogP contribution in [0.5, 0.6) is 11.5 Å². The zero-order chi connectivity index (χ0) is 23.1. The van der Waals surface area contributed by atoms with E-state index in [0.717, 1.165) is 5.75 Å². The Bertz CT molecular complexity index is 1160. The lowest BCUT2D eigenvalue weighted by Gasteiger charge is -2.09. The van der Waals surface area contributed by atoms with Crippen molar-refractivity contribution in [3.8, 4) is 11.5 Å². The summed E-state index contributed by atoms with van der Waals surface area (Å²) in [6.45, 7) is 2.81. The van der Waals surface area contributed by atoms with Crippen LogP contribution in [0, 0.1) is 0 Å². The van der Waals surface area contributed by atoms with Crippen LogP contribution in [0.2, 0.25) is 0 Å². The highest BCUT2D eigenvalue weighted by Crippen LogP contribution is 2.21. The van der Waals surface area contributed by atoms with Gasteiger partial charge in [-0.3, -0.25) is 4.79 Å². The van der Waals surface area contributed by atoms with Crippen molar-refractivity contribution in [1.29, 1.82) is 0 Å². The molecule has 0 spiro atoms. The fraction of sp³-hybridized carbons (Fsp3) is 0.250. The molecule has 12 heteroatoms. The molecule has 2 aromatic carbocycles. The Morgan fingerprint density at radius 3 is 2.34 bits per heavy atom. The van der Waals surface area contributed by atoms with E-state index in [-0.39, 0.29) is 23.2 Å². The number of thioether (sulfide) groups is 1. The van der Waals surface area contributed by atoms with Crippen molar-refractivity contribution in [3.05, 3.63) is 54.4 Å². The van der Waals surface area contributed by atoms with E-state index in [2.05, 4.69) is 15.5 Å². The minimum absolute atomic E-state index is 0.0229. The van der Waals surface area contributed by atoms with Gasteiger partial charge in [-0.25, -0.2) is 13.6 Å². The zero-order valence-corrected chi connectivity index (χ0v) is 19.1. The van der Waals surface area contributed by atoms with E-state index in [1.54, 1.807) is 19.2 Å². The summed E-state index contributed by atoms with van der Waals surface area (Å²) in [5.41, 5.74) is 0.466. The molecule has 1 amide bonds. The average molecular weight is 478 g/mol. The number of hydrogen-bond donors (Lipinski definition) is 2. The first kappa shape index (κ1) is 23.6. The number of carbonyl (C=O) groups excluding carboxylic acids is 1. The Balaban J connectivity index is 1.55. The molecule has 3 aromatic rings. The van der Waals surface area contributed by atoms with E-state index in [9.17, 15) is 13.2 Å². The molecular formula is C20H23N5O5S2. The minimum Gasteiger partial charge on any atom is -0.497 e. The van der Waals surface area contributed by atoms with Crippen LogP contribution < -0.4 is 19.9 Å². The average Bonchev–Trinajstić information content (AvgIpc) is 3.18. The number of anilines is 1. The number of methoxy groups -OCH3 is 1. The number of amides is 1. The largest absolute Gasteiger partial charge is 0.497 e. The molecule has 1 heterocycles. The lowest BCUT2D eigenvalue weighted by molar-refractivity contribution is -0.113. The van der Waals surface area contributed by atoms with Crippen LogP contribution in [-0.2, 0) is 28.0 Å². The van der Waals surface area contributed by atoms with E-state index in [1.165, 1.54) is 36.0 Å². The number of nitrogens with zero attached hydrogens (tertiary/aromatic N) is 3. The van der Waals surface area contributed by atoms with Crippen LogP contribution in [0.3, 0.4) is 0 Å². The first-order chi connectivity index (χ1) is 15.3. The number of rotatable bonds is 10. The van der Waals surface area contributed by atoms with E-state index >= 15 is 0 Å². The molecule has 0 saturated heterocycles. The minimum atomic E-state index is -3.78. The van der Waals surface area contributed by atoms with Crippen molar-refractivity contribution in [1.82, 2.24) is 14.8 Å². The molecule has 0 unspecified atom stereocenters. The second-order valence-corrected chi connectivity index (χ2v) is 9.02. The highest BCUT2D eigenvalue weighted by Gasteiger charge is 2.14. The third-order valence-electron chi connectivity index (χ3n) is 4.34. The quantitative estimate of drug-likeness (QED) is 0.424. The third-order valence-corrected chi connectivity index (χ3v) is 6.23. The first-order valence-corrected chi connectivity index (χ1v) is 12.1. The SMILES string of the molecule is CCn1c(COc2ccc(OC)cc2)nnc1SCC(=O)Nc1ccc(S(N)(=O)=O)cc1. The molecule has 32 heavy (non-hydrogen) atoms. The Kier molecular flexibility index (Phi) is 7.72. The predicted molar refractivity (Wildman–Crippen MR) is 120 cm³/mol. The fourth-order valence-electron chi connectivity index (χ4n) is 2.73. The summed E-state index contributed by atoms with van der Waals surface area (Å²) < 4.78 is 35.4. The monoisotopic (exact) mass is 477 g/mol. The van der Waals surface area contributed by atoms with Crippen LogP contribution in [0.1, 0.15) is 12.7 Å². The maximum atomic E-state index is 12.3. The predicted octanol–water partition coefficient (Wildman–Crippen LogP) is 2.26. The van der Waals surface area contributed by atoms with Gasteiger partial charge in [0.25, 0.3) is 0 Å². The van der Waals surface area contributed by atoms with Crippen molar-refractivity contribution >= 4 is 33.4 Å². The van der Waals surface area contributed by atoms with Gasteiger partial charge in [-0.05, 0) is 55.5 Å². The van der Waals surface area contributed by atoms with Gasteiger partial charge in [0.2, 0.25) is 15.9 Å². The summed E-state index contributed by atoms with van der Waals surface area (Å²) in [5, 5.41) is 16.7. The number of carbonyl (C=O) groups is 1. The molecule has 0 radical (unpaired) electrons. The number of aromatic nitrogens is 3. The molecular weight excluding hydrogens is 454 g/mol. The van der Waals surface area contributed by atoms with E-state index < -0.39 is 10.0 Å². The number of nitrogens with two attached hydrogens (primary N) is 1. The Morgan fingerprint density at radius 2 is 1.75 bits per heavy atom. The van der Waals surface area contributed by atoms with Gasteiger partial charge >= 0.3 is 0 Å². The normalized spacial score (nSPS) is 11.2. The van der Waals surface area contributed by atoms with Crippen molar-refractivity contribution in [2.75, 3.05) is 18.2 Å². The second kappa shape index (κ2) is 10.5. The lowest BCUT2D eigenvalue weighted by Crippen LogP contribution is -2.15. The highest BCUT2D eigenvalue weighted by molar-refractivity contribution is 7.99. The van der Waals surface area contributed by atoms with E-state index in [1.807, 2.05) is 23.6 Å². The summed E-state index contributed by atoms with van der Waals surface area (Å²) in [5.74, 6) is 1.91. The number of ether oxygens (including phenoxy) is 2. The number of sulfonamides is 1. The molecule has 0 bridgehead atoms. The Hall–Kier alpha value is -3.09. The van der Waals surface area contributed by atoms with Gasteiger partial charge in [0.05, 0.1) is 17.8 Å². The lowest BCUT2D eigenvalue weighted by atomic mass is 10.3. The molecule has 3 N–H and O–H groups in total. The molecule has 0 atom stereocenters. The summed E-state index contributed by atoms with van der Waals surface area (Å²) in [6.07, 6.45) is 0. The summed E-state index contributed by atoms with van der Waals surface area (Å²) in [4.78, 5) is 12.2. The summed E-state index contributed by atoms with van der Waals surface area (Å²) in [7, 11) is -2.18. The fourth-order valence-corrected chi connectivity index (χ4v) is 4.06. The maximum absolute atomic E-state index is 12.3. The number of primary sulfonamides is 1. The summed E-state index contributed by atoms with van der Waals surface area (Å²) in [6, 6.07) is 12.9. The molecule has 0 aliphatic carbocycles. The van der Waals surface area contributed by atoms with Crippen molar-refractivity contribution in [3.63, 3.8) is 0 Å². The van der Waals surface area contributed by atoms with E-state index in [4.69, 9.17) is 14.6 Å². The van der Waals surface area contributed by atoms with Gasteiger partial charge in [0.15, 0.2) is 11.0 Å². The molecule has 1 aromatic heterocycles. The number of nitrogens with one attached hydrogen (secondary N) is 1. The van der Waals surface area contributed by atoms with Gasteiger partial charge < -0.3 is 19.4 Å². The molecule has 170 valence electrons. The van der Waals surface area contributed by atoms with Crippen molar-refractivity contribution in [2.45, 2.75) is 30.1 Å². The van der Waals surface area contributed by atoms with Gasteiger partial charge in [0, 0.05) is 12.2 Å². The van der Waals surface area contributed by atoms with Crippen LogP contribution in [0.4, 0.5) is 5.69 Å². The first-order valence-electron chi connectivity index (χ1n) is 9.54. The molecule has 0 saturated carbocycles. The van der Waals surface area contributed by atoms with Gasteiger partial charge in [-0.2, -0.15) is 0 Å². The third kappa shape index (κ3) is 6.22.